The molecule has 0 N–H and O–H groups in total. The van der Waals surface area contributed by atoms with Crippen molar-refractivity contribution in [1.82, 2.24) is 0 Å². The molecule has 6 heteroatoms. The number of hydrogen-bond donors (Lipinski definition) is 0. The lowest BCUT2D eigenvalue weighted by Gasteiger charge is -2.21. The summed E-state index contributed by atoms with van der Waals surface area (Å²) in [6.45, 7) is 6.85. The topological polar surface area (TPSA) is 78.7 Å². The van der Waals surface area contributed by atoms with E-state index in [0.717, 1.165) is 0 Å². The van der Waals surface area contributed by atoms with Crippen molar-refractivity contribution in [2.75, 3.05) is 7.11 Å². The minimum Gasteiger partial charge on any atom is -0.490 e. The van der Waals surface area contributed by atoms with Crippen molar-refractivity contribution in [3.63, 3.8) is 0 Å². The van der Waals surface area contributed by atoms with Crippen LogP contribution in [0.25, 0.3) is 0 Å². The Labute approximate surface area is 111 Å². The Morgan fingerprint density at radius 3 is 2.32 bits per heavy atom. The molecule has 0 amide bonds. The number of esters is 1. The zero-order valence-electron chi connectivity index (χ0n) is 11.6. The molecule has 0 radical (unpaired) electrons. The summed E-state index contributed by atoms with van der Waals surface area (Å²) in [7, 11) is 1.29. The fraction of sp³-hybridized carbons (Fsp3) is 0.462. The highest BCUT2D eigenvalue weighted by Gasteiger charge is 2.28. The largest absolute Gasteiger partial charge is 0.490 e. The van der Waals surface area contributed by atoms with Crippen LogP contribution in [0.4, 0.5) is 5.69 Å². The molecule has 1 aromatic rings. The molecule has 0 bridgehead atoms. The highest BCUT2D eigenvalue weighted by molar-refractivity contribution is 5.96. The van der Waals surface area contributed by atoms with E-state index >= 15 is 0 Å². The molecule has 19 heavy (non-hydrogen) atoms. The van der Waals surface area contributed by atoms with Crippen molar-refractivity contribution >= 4 is 11.7 Å². The molecule has 0 unspecified atom stereocenters. The first-order valence-electron chi connectivity index (χ1n) is 5.72. The van der Waals surface area contributed by atoms with Crippen LogP contribution in [0.2, 0.25) is 0 Å². The zero-order chi connectivity index (χ0) is 14.8. The van der Waals surface area contributed by atoms with Gasteiger partial charge in [0, 0.05) is 6.07 Å². The van der Waals surface area contributed by atoms with Gasteiger partial charge in [-0.1, -0.05) is 6.07 Å². The maximum Gasteiger partial charge on any atom is 0.342 e. The van der Waals surface area contributed by atoms with E-state index < -0.39 is 16.5 Å². The van der Waals surface area contributed by atoms with E-state index in [1.54, 1.807) is 27.7 Å². The number of nitrogens with zero attached hydrogens (tertiary/aromatic N) is 1. The zero-order valence-corrected chi connectivity index (χ0v) is 11.6. The Bertz CT molecular complexity index is 517. The average Bonchev–Trinajstić information content (AvgIpc) is 2.25. The summed E-state index contributed by atoms with van der Waals surface area (Å²) in [5.74, 6) is -0.704. The molecule has 0 aromatic heterocycles. The summed E-state index contributed by atoms with van der Waals surface area (Å²) in [4.78, 5) is 22.4. The van der Waals surface area contributed by atoms with Gasteiger partial charge in [-0.05, 0) is 33.3 Å². The van der Waals surface area contributed by atoms with Gasteiger partial charge in [0.25, 0.3) is 0 Å². The minimum absolute atomic E-state index is 0.0701. The lowest BCUT2D eigenvalue weighted by molar-refractivity contribution is -0.385. The van der Waals surface area contributed by atoms with Gasteiger partial charge in [-0.15, -0.1) is 0 Å². The molecule has 0 aliphatic carbocycles. The lowest BCUT2D eigenvalue weighted by atomic mass is 10.1. The van der Waals surface area contributed by atoms with Gasteiger partial charge in [0.1, 0.15) is 11.2 Å². The van der Waals surface area contributed by atoms with Crippen LogP contribution in [0, 0.1) is 17.0 Å². The van der Waals surface area contributed by atoms with E-state index in [-0.39, 0.29) is 17.0 Å². The summed E-state index contributed by atoms with van der Waals surface area (Å²) >= 11 is 0. The standard InChI is InChI=1S/C13H17NO5/c1-8-6-7-9(14(16)17)11(18-5)10(8)12(15)19-13(2,3)4/h6-7H,1-5H3. The number of carbonyl (C=O) groups is 1. The van der Waals surface area contributed by atoms with Crippen molar-refractivity contribution in [1.29, 1.82) is 0 Å². The van der Waals surface area contributed by atoms with Crippen LogP contribution in [0.3, 0.4) is 0 Å². The number of rotatable bonds is 3. The number of hydrogen-bond acceptors (Lipinski definition) is 5. The van der Waals surface area contributed by atoms with Crippen molar-refractivity contribution in [3.8, 4) is 5.75 Å². The van der Waals surface area contributed by atoms with E-state index in [1.165, 1.54) is 19.2 Å². The number of carbonyl (C=O) groups excluding carboxylic acids is 1. The van der Waals surface area contributed by atoms with Gasteiger partial charge >= 0.3 is 11.7 Å². The third kappa shape index (κ3) is 3.43. The van der Waals surface area contributed by atoms with Crippen molar-refractivity contribution in [3.05, 3.63) is 33.4 Å². The number of benzene rings is 1. The molecule has 0 saturated heterocycles. The Hall–Kier alpha value is -2.11. The second-order valence-electron chi connectivity index (χ2n) is 5.07. The molecule has 1 aromatic carbocycles. The molecule has 0 spiro atoms. The minimum atomic E-state index is -0.681. The van der Waals surface area contributed by atoms with E-state index in [2.05, 4.69) is 0 Å². The van der Waals surface area contributed by atoms with E-state index in [9.17, 15) is 14.9 Å². The lowest BCUT2D eigenvalue weighted by Crippen LogP contribution is -2.24. The Balaban J connectivity index is 3.37. The fourth-order valence-corrected chi connectivity index (χ4v) is 1.60. The number of aryl methyl sites for hydroxylation is 1. The summed E-state index contributed by atoms with van der Waals surface area (Å²) in [6, 6.07) is 2.81. The van der Waals surface area contributed by atoms with Gasteiger partial charge in [-0.3, -0.25) is 10.1 Å². The molecule has 0 heterocycles. The normalized spacial score (nSPS) is 11.0. The Morgan fingerprint density at radius 1 is 1.32 bits per heavy atom. The van der Waals surface area contributed by atoms with Gasteiger partial charge in [-0.25, -0.2) is 4.79 Å². The van der Waals surface area contributed by atoms with Crippen LogP contribution >= 0.6 is 0 Å². The first kappa shape index (κ1) is 14.9. The monoisotopic (exact) mass is 267 g/mol. The Morgan fingerprint density at radius 2 is 1.89 bits per heavy atom. The summed E-state index contributed by atoms with van der Waals surface area (Å²) in [5.41, 5.74) is -0.281. The number of nitro groups is 1. The maximum absolute atomic E-state index is 12.1. The third-order valence-corrected chi connectivity index (χ3v) is 2.35. The average molecular weight is 267 g/mol. The van der Waals surface area contributed by atoms with E-state index in [0.29, 0.717) is 5.56 Å². The number of ether oxygens (including phenoxy) is 2. The van der Waals surface area contributed by atoms with Crippen LogP contribution < -0.4 is 4.74 Å². The van der Waals surface area contributed by atoms with Crippen LogP contribution in [-0.2, 0) is 4.74 Å². The molecule has 0 saturated carbocycles. The number of methoxy groups -OCH3 is 1. The van der Waals surface area contributed by atoms with Gasteiger partial charge in [0.2, 0.25) is 5.75 Å². The van der Waals surface area contributed by atoms with Gasteiger partial charge in [0.05, 0.1) is 12.0 Å². The molecule has 6 nitrogen and oxygen atoms in total. The molecular formula is C13H17NO5. The van der Waals surface area contributed by atoms with Crippen LogP contribution in [0.1, 0.15) is 36.7 Å². The molecule has 104 valence electrons. The molecule has 0 atom stereocenters. The molecule has 1 rings (SSSR count). The third-order valence-electron chi connectivity index (χ3n) is 2.35. The van der Waals surface area contributed by atoms with Gasteiger partial charge < -0.3 is 9.47 Å². The predicted octanol–water partition coefficient (Wildman–Crippen LogP) is 2.87. The summed E-state index contributed by atoms with van der Waals surface area (Å²) in [5, 5.41) is 10.9. The molecule has 0 aliphatic heterocycles. The summed E-state index contributed by atoms with van der Waals surface area (Å²) < 4.78 is 10.3. The Kier molecular flexibility index (Phi) is 4.14. The van der Waals surface area contributed by atoms with Gasteiger partial charge in [-0.2, -0.15) is 0 Å². The molecule has 0 fully saturated rings. The summed E-state index contributed by atoms with van der Waals surface area (Å²) in [6.07, 6.45) is 0. The predicted molar refractivity (Wildman–Crippen MR) is 69.6 cm³/mol. The second-order valence-corrected chi connectivity index (χ2v) is 5.07. The SMILES string of the molecule is COc1c([N+](=O)[O-])ccc(C)c1C(=O)OC(C)(C)C. The first-order valence-corrected chi connectivity index (χ1v) is 5.72. The quantitative estimate of drug-likeness (QED) is 0.478. The highest BCUT2D eigenvalue weighted by atomic mass is 16.6. The highest BCUT2D eigenvalue weighted by Crippen LogP contribution is 2.34. The van der Waals surface area contributed by atoms with Gasteiger partial charge in [0.15, 0.2) is 0 Å². The number of nitro benzene ring substituents is 1. The maximum atomic E-state index is 12.1. The van der Waals surface area contributed by atoms with E-state index in [4.69, 9.17) is 9.47 Å². The van der Waals surface area contributed by atoms with Crippen molar-refractivity contribution < 1.29 is 19.2 Å². The van der Waals surface area contributed by atoms with E-state index in [1.807, 2.05) is 0 Å². The smallest absolute Gasteiger partial charge is 0.342 e. The van der Waals surface area contributed by atoms with Crippen molar-refractivity contribution in [2.45, 2.75) is 33.3 Å². The molecular weight excluding hydrogens is 250 g/mol. The second kappa shape index (κ2) is 5.26. The first-order chi connectivity index (χ1) is 8.67. The fourth-order valence-electron chi connectivity index (χ4n) is 1.60. The van der Waals surface area contributed by atoms with Crippen LogP contribution in [0.15, 0.2) is 12.1 Å². The molecule has 0 aliphatic rings. The van der Waals surface area contributed by atoms with Crippen LogP contribution in [-0.4, -0.2) is 23.6 Å². The van der Waals surface area contributed by atoms with Crippen LogP contribution in [0.5, 0.6) is 5.75 Å². The van der Waals surface area contributed by atoms with Crippen molar-refractivity contribution in [2.24, 2.45) is 0 Å².